The lowest BCUT2D eigenvalue weighted by atomic mass is 10.1. The molecular weight excluding hydrogens is 396 g/mol. The van der Waals surface area contributed by atoms with Crippen molar-refractivity contribution in [2.45, 2.75) is 0 Å². The number of hydrogen-bond acceptors (Lipinski definition) is 7. The zero-order valence-electron chi connectivity index (χ0n) is 13.3. The molecule has 0 atom stereocenters. The van der Waals surface area contributed by atoms with Crippen molar-refractivity contribution in [2.75, 3.05) is 19.1 Å². The molecule has 0 unspecified atom stereocenters. The summed E-state index contributed by atoms with van der Waals surface area (Å²) in [6.45, 7) is 0. The Balaban J connectivity index is 2.76. The predicted molar refractivity (Wildman–Crippen MR) is 92.6 cm³/mol. The second-order valence-electron chi connectivity index (χ2n) is 4.71. The van der Waals surface area contributed by atoms with E-state index in [0.717, 1.165) is 7.11 Å². The standard InChI is InChI=1S/C16H13BrN2O6/c1-24-15(20)11-5-3-4-8-18(14(11)16(21)25-2)12-7-6-10(17)9-13(12)19(22)23/h3-9H,1-2H3. The van der Waals surface area contributed by atoms with Gasteiger partial charge in [0.15, 0.2) is 0 Å². The van der Waals surface area contributed by atoms with E-state index in [9.17, 15) is 19.7 Å². The lowest BCUT2D eigenvalue weighted by Crippen LogP contribution is -2.27. The highest BCUT2D eigenvalue weighted by atomic mass is 79.9. The summed E-state index contributed by atoms with van der Waals surface area (Å²) in [6.07, 6.45) is 5.85. The Labute approximate surface area is 151 Å². The molecule has 0 aliphatic carbocycles. The molecule has 1 heterocycles. The van der Waals surface area contributed by atoms with Crippen LogP contribution in [0.2, 0.25) is 0 Å². The Hall–Kier alpha value is -2.94. The smallest absolute Gasteiger partial charge is 0.355 e. The molecule has 0 radical (unpaired) electrons. The molecular formula is C16H13BrN2O6. The fraction of sp³-hybridized carbons (Fsp3) is 0.125. The van der Waals surface area contributed by atoms with Crippen LogP contribution in [0.15, 0.2) is 58.4 Å². The van der Waals surface area contributed by atoms with Gasteiger partial charge in [0, 0.05) is 16.7 Å². The number of carbonyl (C=O) groups excluding carboxylic acids is 2. The van der Waals surface area contributed by atoms with Gasteiger partial charge in [-0.05, 0) is 24.3 Å². The molecule has 1 aliphatic rings. The molecule has 0 aromatic heterocycles. The number of allylic oxidation sites excluding steroid dienone is 2. The second-order valence-corrected chi connectivity index (χ2v) is 5.62. The number of halogens is 1. The number of anilines is 1. The fourth-order valence-corrected chi connectivity index (χ4v) is 2.55. The van der Waals surface area contributed by atoms with Gasteiger partial charge in [-0.2, -0.15) is 0 Å². The number of ether oxygens (including phenoxy) is 2. The normalized spacial score (nSPS) is 13.5. The minimum atomic E-state index is -0.839. The zero-order chi connectivity index (χ0) is 18.6. The quantitative estimate of drug-likeness (QED) is 0.428. The maximum absolute atomic E-state index is 12.3. The van der Waals surface area contributed by atoms with Gasteiger partial charge in [0.1, 0.15) is 11.4 Å². The average molecular weight is 409 g/mol. The van der Waals surface area contributed by atoms with E-state index < -0.39 is 16.9 Å². The van der Waals surface area contributed by atoms with Crippen LogP contribution in [0.4, 0.5) is 11.4 Å². The van der Waals surface area contributed by atoms with Gasteiger partial charge in [0.2, 0.25) is 0 Å². The molecule has 0 spiro atoms. The molecule has 0 amide bonds. The summed E-state index contributed by atoms with van der Waals surface area (Å²) in [4.78, 5) is 36.4. The van der Waals surface area contributed by atoms with Crippen LogP contribution in [0, 0.1) is 10.1 Å². The molecule has 0 saturated heterocycles. The first-order valence-electron chi connectivity index (χ1n) is 6.89. The topological polar surface area (TPSA) is 99.0 Å². The SMILES string of the molecule is COC(=O)C1=C(C(=O)OC)N(c2ccc(Br)cc2[N+](=O)[O-])C=CC=C1. The van der Waals surface area contributed by atoms with Crippen LogP contribution in [-0.2, 0) is 19.1 Å². The van der Waals surface area contributed by atoms with Crippen molar-refractivity contribution < 1.29 is 24.0 Å². The van der Waals surface area contributed by atoms with E-state index in [-0.39, 0.29) is 22.6 Å². The number of rotatable bonds is 4. The molecule has 25 heavy (non-hydrogen) atoms. The molecule has 0 N–H and O–H groups in total. The monoisotopic (exact) mass is 408 g/mol. The maximum atomic E-state index is 12.3. The molecule has 0 bridgehead atoms. The zero-order valence-corrected chi connectivity index (χ0v) is 14.8. The third-order valence-corrected chi connectivity index (χ3v) is 3.78. The van der Waals surface area contributed by atoms with Gasteiger partial charge in [-0.3, -0.25) is 10.1 Å². The fourth-order valence-electron chi connectivity index (χ4n) is 2.20. The number of methoxy groups -OCH3 is 2. The first-order chi connectivity index (χ1) is 11.9. The van der Waals surface area contributed by atoms with Gasteiger partial charge in [-0.1, -0.05) is 22.0 Å². The molecule has 0 fully saturated rings. The van der Waals surface area contributed by atoms with Crippen molar-refractivity contribution in [3.63, 3.8) is 0 Å². The largest absolute Gasteiger partial charge is 0.465 e. The lowest BCUT2D eigenvalue weighted by Gasteiger charge is -2.22. The van der Waals surface area contributed by atoms with Crippen molar-refractivity contribution in [1.29, 1.82) is 0 Å². The minimum absolute atomic E-state index is 0.0865. The number of nitro groups is 1. The van der Waals surface area contributed by atoms with E-state index in [1.807, 2.05) is 0 Å². The molecule has 0 saturated carbocycles. The average Bonchev–Trinajstić information content (AvgIpc) is 2.83. The molecule has 1 aromatic rings. The Bertz CT molecular complexity index is 828. The van der Waals surface area contributed by atoms with E-state index in [0.29, 0.717) is 4.47 Å². The van der Waals surface area contributed by atoms with Crippen LogP contribution in [0.3, 0.4) is 0 Å². The maximum Gasteiger partial charge on any atom is 0.355 e. The highest BCUT2D eigenvalue weighted by Gasteiger charge is 2.31. The van der Waals surface area contributed by atoms with Gasteiger partial charge in [0.25, 0.3) is 5.69 Å². The number of hydrogen-bond donors (Lipinski definition) is 0. The van der Waals surface area contributed by atoms with E-state index in [1.165, 1.54) is 48.6 Å². The van der Waals surface area contributed by atoms with Gasteiger partial charge in [-0.25, -0.2) is 9.59 Å². The van der Waals surface area contributed by atoms with Crippen LogP contribution in [0.5, 0.6) is 0 Å². The molecule has 1 aliphatic heterocycles. The number of carbonyl (C=O) groups is 2. The highest BCUT2D eigenvalue weighted by molar-refractivity contribution is 9.10. The Morgan fingerprint density at radius 3 is 2.44 bits per heavy atom. The van der Waals surface area contributed by atoms with Crippen LogP contribution in [-0.4, -0.2) is 31.1 Å². The molecule has 2 rings (SSSR count). The van der Waals surface area contributed by atoms with Crippen molar-refractivity contribution in [3.05, 3.63) is 68.5 Å². The molecule has 1 aromatic carbocycles. The second kappa shape index (κ2) is 7.75. The number of benzene rings is 1. The Morgan fingerprint density at radius 1 is 1.16 bits per heavy atom. The van der Waals surface area contributed by atoms with Crippen LogP contribution >= 0.6 is 15.9 Å². The van der Waals surface area contributed by atoms with Crippen LogP contribution in [0.25, 0.3) is 0 Å². The van der Waals surface area contributed by atoms with Crippen LogP contribution < -0.4 is 4.90 Å². The van der Waals surface area contributed by atoms with Crippen molar-refractivity contribution in [1.82, 2.24) is 0 Å². The first-order valence-corrected chi connectivity index (χ1v) is 7.69. The minimum Gasteiger partial charge on any atom is -0.465 e. The summed E-state index contributed by atoms with van der Waals surface area (Å²) < 4.78 is 9.95. The van der Waals surface area contributed by atoms with Gasteiger partial charge in [-0.15, -0.1) is 0 Å². The summed E-state index contributed by atoms with van der Waals surface area (Å²) >= 11 is 3.18. The number of esters is 2. The molecule has 130 valence electrons. The molecule has 9 heteroatoms. The summed E-state index contributed by atoms with van der Waals surface area (Å²) in [5.41, 5.74) is -0.442. The summed E-state index contributed by atoms with van der Waals surface area (Å²) in [5.74, 6) is -1.61. The summed E-state index contributed by atoms with van der Waals surface area (Å²) in [7, 11) is 2.32. The molecule has 8 nitrogen and oxygen atoms in total. The predicted octanol–water partition coefficient (Wildman–Crippen LogP) is 2.85. The first kappa shape index (κ1) is 18.4. The van der Waals surface area contributed by atoms with E-state index >= 15 is 0 Å². The third kappa shape index (κ3) is 3.77. The number of nitro benzene ring substituents is 1. The lowest BCUT2D eigenvalue weighted by molar-refractivity contribution is -0.384. The van der Waals surface area contributed by atoms with Crippen molar-refractivity contribution in [2.24, 2.45) is 0 Å². The van der Waals surface area contributed by atoms with Gasteiger partial charge in [0.05, 0.1) is 24.7 Å². The van der Waals surface area contributed by atoms with E-state index in [1.54, 1.807) is 6.07 Å². The Kier molecular flexibility index (Phi) is 5.71. The summed E-state index contributed by atoms with van der Waals surface area (Å²) in [5, 5.41) is 11.4. The Morgan fingerprint density at radius 2 is 1.84 bits per heavy atom. The third-order valence-electron chi connectivity index (χ3n) is 3.28. The number of nitrogens with zero attached hydrogens (tertiary/aromatic N) is 2. The van der Waals surface area contributed by atoms with E-state index in [2.05, 4.69) is 15.9 Å². The van der Waals surface area contributed by atoms with Crippen molar-refractivity contribution in [3.8, 4) is 0 Å². The van der Waals surface area contributed by atoms with Crippen LogP contribution in [0.1, 0.15) is 0 Å². The van der Waals surface area contributed by atoms with Crippen molar-refractivity contribution >= 4 is 39.2 Å². The highest BCUT2D eigenvalue weighted by Crippen LogP contribution is 2.35. The van der Waals surface area contributed by atoms with Gasteiger partial charge < -0.3 is 14.4 Å². The summed E-state index contributed by atoms with van der Waals surface area (Å²) in [6, 6.07) is 4.34. The van der Waals surface area contributed by atoms with Gasteiger partial charge >= 0.3 is 11.9 Å². The van der Waals surface area contributed by atoms with E-state index in [4.69, 9.17) is 9.47 Å².